The number of amides is 4. The third-order valence-corrected chi connectivity index (χ3v) is 7.66. The second-order valence-electron chi connectivity index (χ2n) is 11.6. The van der Waals surface area contributed by atoms with Crippen molar-refractivity contribution in [3.05, 3.63) is 71.8 Å². The zero-order chi connectivity index (χ0) is 33.7. The molecule has 2 aromatic rings. The summed E-state index contributed by atoms with van der Waals surface area (Å²) >= 11 is 0. The summed E-state index contributed by atoms with van der Waals surface area (Å²) in [6.07, 6.45) is 4.52. The molecule has 2 aromatic carbocycles. The average Bonchev–Trinajstić information content (AvgIpc) is 3.48. The number of likely N-dealkylation sites (tertiary alicyclic amines) is 1. The smallest absolute Gasteiger partial charge is 0.404 e. The van der Waals surface area contributed by atoms with Crippen LogP contribution in [-0.2, 0) is 35.1 Å². The number of nitrogens with zero attached hydrogens (tertiary/aromatic N) is 1. The van der Waals surface area contributed by atoms with E-state index in [9.17, 15) is 23.7 Å². The Hall–Kier alpha value is -4.03. The van der Waals surface area contributed by atoms with Crippen LogP contribution in [0.1, 0.15) is 57.1 Å². The van der Waals surface area contributed by atoms with Crippen LogP contribution in [0.15, 0.2) is 60.7 Å². The van der Waals surface area contributed by atoms with Crippen molar-refractivity contribution in [1.29, 1.82) is 0 Å². The van der Waals surface area contributed by atoms with Gasteiger partial charge in [-0.3, -0.25) is 29.0 Å². The Labute approximate surface area is 268 Å². The molecule has 46 heavy (non-hydrogen) atoms. The number of carbonyl (C=O) groups is 4. The number of hydrogen-bond donors (Lipinski definition) is 5. The molecule has 3 rings (SSSR count). The van der Waals surface area contributed by atoms with E-state index >= 15 is 0 Å². The van der Waals surface area contributed by atoms with Gasteiger partial charge in [-0.1, -0.05) is 56.3 Å². The lowest BCUT2D eigenvalue weighted by Gasteiger charge is -2.30. The van der Waals surface area contributed by atoms with Gasteiger partial charge in [0.15, 0.2) is 0 Å². The number of primary amides is 1. The SMILES string of the molecule is CC(C)C[C@H](NC(=O)/C=C/c1ccc(OP(=O)(O)O)cc1)C(=O)N1CCC[C@H]1C(=O)N[C@@H](CCC(N)=O)COCc1ccccc1. The summed E-state index contributed by atoms with van der Waals surface area (Å²) in [5, 5.41) is 5.71. The Kier molecular flexibility index (Phi) is 13.9. The van der Waals surface area contributed by atoms with Crippen LogP contribution in [0.25, 0.3) is 6.08 Å². The topological polar surface area (TPSA) is 198 Å². The minimum absolute atomic E-state index is 0.0272. The van der Waals surface area contributed by atoms with Gasteiger partial charge in [0.25, 0.3) is 0 Å². The minimum Gasteiger partial charge on any atom is -0.404 e. The molecule has 1 aliphatic heterocycles. The van der Waals surface area contributed by atoms with E-state index in [0.717, 1.165) is 5.56 Å². The summed E-state index contributed by atoms with van der Waals surface area (Å²) in [4.78, 5) is 70.8. The van der Waals surface area contributed by atoms with Gasteiger partial charge < -0.3 is 30.5 Å². The van der Waals surface area contributed by atoms with Crippen LogP contribution in [0.3, 0.4) is 0 Å². The van der Waals surface area contributed by atoms with E-state index in [0.29, 0.717) is 38.0 Å². The fraction of sp³-hybridized carbons (Fsp3) is 0.438. The van der Waals surface area contributed by atoms with Gasteiger partial charge >= 0.3 is 7.82 Å². The Morgan fingerprint density at radius 1 is 1.07 bits per heavy atom. The fourth-order valence-electron chi connectivity index (χ4n) is 5.07. The molecule has 13 nitrogen and oxygen atoms in total. The molecule has 0 spiro atoms. The van der Waals surface area contributed by atoms with Crippen molar-refractivity contribution >= 4 is 37.5 Å². The maximum Gasteiger partial charge on any atom is 0.524 e. The molecule has 4 amide bonds. The minimum atomic E-state index is -4.69. The first-order valence-electron chi connectivity index (χ1n) is 15.2. The predicted molar refractivity (Wildman–Crippen MR) is 171 cm³/mol. The van der Waals surface area contributed by atoms with Gasteiger partial charge in [0.2, 0.25) is 23.6 Å². The maximum atomic E-state index is 13.7. The summed E-state index contributed by atoms with van der Waals surface area (Å²) in [5.74, 6) is -1.69. The largest absolute Gasteiger partial charge is 0.524 e. The molecule has 250 valence electrons. The molecule has 0 unspecified atom stereocenters. The van der Waals surface area contributed by atoms with Crippen LogP contribution >= 0.6 is 7.82 Å². The Morgan fingerprint density at radius 3 is 2.39 bits per heavy atom. The average molecular weight is 659 g/mol. The van der Waals surface area contributed by atoms with Crippen molar-refractivity contribution in [2.24, 2.45) is 11.7 Å². The van der Waals surface area contributed by atoms with Crippen LogP contribution in [0.4, 0.5) is 0 Å². The molecule has 6 N–H and O–H groups in total. The molecule has 14 heteroatoms. The molecule has 0 radical (unpaired) electrons. The number of nitrogens with one attached hydrogen (secondary N) is 2. The summed E-state index contributed by atoms with van der Waals surface area (Å²) in [6.45, 7) is 4.70. The normalized spacial score (nSPS) is 16.3. The number of phosphoric ester groups is 1. The van der Waals surface area contributed by atoms with Gasteiger partial charge in [-0.15, -0.1) is 0 Å². The number of benzene rings is 2. The lowest BCUT2D eigenvalue weighted by atomic mass is 10.0. The second-order valence-corrected chi connectivity index (χ2v) is 12.7. The number of nitrogens with two attached hydrogens (primary N) is 1. The highest BCUT2D eigenvalue weighted by Crippen LogP contribution is 2.37. The summed E-state index contributed by atoms with van der Waals surface area (Å²) in [7, 11) is -4.69. The molecular formula is C32H43N4O9P. The zero-order valence-corrected chi connectivity index (χ0v) is 26.9. The number of phosphoric acid groups is 1. The van der Waals surface area contributed by atoms with Crippen molar-refractivity contribution in [3.63, 3.8) is 0 Å². The number of rotatable bonds is 17. The first-order valence-corrected chi connectivity index (χ1v) is 16.7. The molecule has 0 bridgehead atoms. The van der Waals surface area contributed by atoms with Crippen LogP contribution in [0.2, 0.25) is 0 Å². The standard InChI is InChI=1S/C32H43N4O9P/c1-22(2)19-27(35-30(38)17-12-23-10-14-26(15-11-23)45-46(41,42)43)32(40)36-18-6-9-28(36)31(39)34-25(13-16-29(33)37)21-44-20-24-7-4-3-5-8-24/h3-5,7-8,10-12,14-15,17,22,25,27-28H,6,9,13,16,18-21H2,1-2H3,(H2,33,37)(H,34,39)(H,35,38)(H2,41,42,43)/b17-12+/t25-,27-,28-/m0/s1. The third-order valence-electron chi connectivity index (χ3n) is 7.21. The molecule has 0 aromatic heterocycles. The van der Waals surface area contributed by atoms with Crippen LogP contribution in [0.5, 0.6) is 5.75 Å². The van der Waals surface area contributed by atoms with E-state index in [1.54, 1.807) is 0 Å². The summed E-state index contributed by atoms with van der Waals surface area (Å²) < 4.78 is 21.3. The molecule has 1 heterocycles. The molecule has 1 aliphatic rings. The van der Waals surface area contributed by atoms with E-state index in [4.69, 9.17) is 20.3 Å². The Morgan fingerprint density at radius 2 is 1.76 bits per heavy atom. The number of ether oxygens (including phenoxy) is 1. The van der Waals surface area contributed by atoms with E-state index in [-0.39, 0.29) is 42.9 Å². The van der Waals surface area contributed by atoms with Crippen LogP contribution in [0, 0.1) is 5.92 Å². The van der Waals surface area contributed by atoms with Gasteiger partial charge in [-0.2, -0.15) is 0 Å². The van der Waals surface area contributed by atoms with Crippen molar-refractivity contribution in [2.45, 2.75) is 70.7 Å². The van der Waals surface area contributed by atoms with Gasteiger partial charge in [-0.05, 0) is 60.9 Å². The predicted octanol–water partition coefficient (Wildman–Crippen LogP) is 2.66. The van der Waals surface area contributed by atoms with Gasteiger partial charge in [0.05, 0.1) is 19.3 Å². The van der Waals surface area contributed by atoms with E-state index in [2.05, 4.69) is 15.2 Å². The second kappa shape index (κ2) is 17.6. The molecule has 1 saturated heterocycles. The zero-order valence-electron chi connectivity index (χ0n) is 26.0. The molecular weight excluding hydrogens is 615 g/mol. The van der Waals surface area contributed by atoms with Gasteiger partial charge in [-0.25, -0.2) is 4.57 Å². The lowest BCUT2D eigenvalue weighted by Crippen LogP contribution is -2.55. The van der Waals surface area contributed by atoms with Crippen molar-refractivity contribution in [3.8, 4) is 5.75 Å². The third kappa shape index (κ3) is 12.8. The highest BCUT2D eigenvalue weighted by molar-refractivity contribution is 7.46. The Balaban J connectivity index is 1.63. The lowest BCUT2D eigenvalue weighted by molar-refractivity contribution is -0.141. The van der Waals surface area contributed by atoms with E-state index < -0.39 is 37.8 Å². The molecule has 0 saturated carbocycles. The number of carbonyl (C=O) groups excluding carboxylic acids is 4. The van der Waals surface area contributed by atoms with E-state index in [1.165, 1.54) is 41.3 Å². The molecule has 1 fully saturated rings. The summed E-state index contributed by atoms with van der Waals surface area (Å²) in [6, 6.07) is 13.2. The maximum absolute atomic E-state index is 13.7. The monoisotopic (exact) mass is 658 g/mol. The van der Waals surface area contributed by atoms with Crippen molar-refractivity contribution in [1.82, 2.24) is 15.5 Å². The Bertz CT molecular complexity index is 1400. The van der Waals surface area contributed by atoms with Crippen molar-refractivity contribution < 1.29 is 42.8 Å². The molecule has 0 aliphatic carbocycles. The van der Waals surface area contributed by atoms with Crippen molar-refractivity contribution in [2.75, 3.05) is 13.2 Å². The fourth-order valence-corrected chi connectivity index (χ4v) is 5.47. The van der Waals surface area contributed by atoms with E-state index in [1.807, 2.05) is 44.2 Å². The molecule has 3 atom stereocenters. The van der Waals surface area contributed by atoms with Gasteiger partial charge in [0, 0.05) is 19.0 Å². The number of hydrogen-bond acceptors (Lipinski definition) is 7. The first kappa shape index (κ1) is 36.4. The quantitative estimate of drug-likeness (QED) is 0.125. The highest BCUT2D eigenvalue weighted by Gasteiger charge is 2.38. The highest BCUT2D eigenvalue weighted by atomic mass is 31.2. The first-order chi connectivity index (χ1) is 21.8. The van der Waals surface area contributed by atoms with Crippen LogP contribution in [-0.4, -0.2) is 69.6 Å². The summed E-state index contributed by atoms with van der Waals surface area (Å²) in [5.41, 5.74) is 6.88. The van der Waals surface area contributed by atoms with Crippen LogP contribution < -0.4 is 20.9 Å². The van der Waals surface area contributed by atoms with Gasteiger partial charge in [0.1, 0.15) is 17.8 Å².